The van der Waals surface area contributed by atoms with Gasteiger partial charge in [-0.25, -0.2) is 15.0 Å². The molecule has 0 saturated carbocycles. The number of nitrogens with two attached hydrogens (primary N) is 1. The van der Waals surface area contributed by atoms with Crippen molar-refractivity contribution in [2.75, 3.05) is 51.5 Å². The Bertz CT molecular complexity index is 929. The number of hydrogen-bond donors (Lipinski definition) is 5. The van der Waals surface area contributed by atoms with Gasteiger partial charge in [-0.05, 0) is 38.9 Å². The Morgan fingerprint density at radius 3 is 2.74 bits per heavy atom. The zero-order chi connectivity index (χ0) is 23.9. The number of rotatable bonds is 6. The Kier molecular flexibility index (Phi) is 8.75. The number of hydrogen-bond acceptors (Lipinski definition) is 11. The van der Waals surface area contributed by atoms with Gasteiger partial charge in [0.25, 0.3) is 0 Å². The van der Waals surface area contributed by atoms with Gasteiger partial charge in [-0.2, -0.15) is 0 Å². The van der Waals surface area contributed by atoms with Crippen molar-refractivity contribution in [1.29, 1.82) is 0 Å². The summed E-state index contributed by atoms with van der Waals surface area (Å²) in [6, 6.07) is 0. The summed E-state index contributed by atoms with van der Waals surface area (Å²) in [7, 11) is 0. The third-order valence-electron chi connectivity index (χ3n) is 6.53. The topological polar surface area (TPSA) is 164 Å². The quantitative estimate of drug-likeness (QED) is 0.349. The van der Waals surface area contributed by atoms with Crippen LogP contribution >= 0.6 is 0 Å². The highest BCUT2D eigenvalue weighted by Crippen LogP contribution is 2.32. The molecular formula is C22H36N8O4. The second kappa shape index (κ2) is 12.0. The number of Topliss-reactive ketones (excluding diaryl/α,β-unsaturated/α-hetero) is 1. The van der Waals surface area contributed by atoms with E-state index < -0.39 is 24.5 Å². The fourth-order valence-corrected chi connectivity index (χ4v) is 4.59. The standard InChI is InChI=1S/C22H36N8O4/c23-20-16-21(27-13-26-20)30(14-28-16)22-18(33)17(32)19(34-22)15(31)5-4-11-29-10-3-1-2-6-24-7-8-25-9-12-29/h13-14,17-19,22,24-25,32-33H,1-12H2,(H2,23,26,27)/t17-,18+,19+,22+/m0/s1. The minimum absolute atomic E-state index is 0.206. The molecule has 0 amide bonds. The minimum atomic E-state index is -1.33. The molecule has 34 heavy (non-hydrogen) atoms. The van der Waals surface area contributed by atoms with Crippen LogP contribution in [0.3, 0.4) is 0 Å². The van der Waals surface area contributed by atoms with Gasteiger partial charge >= 0.3 is 0 Å². The average molecular weight is 477 g/mol. The summed E-state index contributed by atoms with van der Waals surface area (Å²) in [5.41, 5.74) is 6.57. The van der Waals surface area contributed by atoms with Gasteiger partial charge in [-0.15, -0.1) is 0 Å². The summed E-state index contributed by atoms with van der Waals surface area (Å²) in [6.45, 7) is 6.68. The highest BCUT2D eigenvalue weighted by Gasteiger charge is 2.47. The molecule has 2 aliphatic heterocycles. The first-order valence-electron chi connectivity index (χ1n) is 12.2. The van der Waals surface area contributed by atoms with Gasteiger partial charge < -0.3 is 36.2 Å². The number of fused-ring (bicyclic) bond motifs is 1. The number of aliphatic hydroxyl groups is 2. The maximum absolute atomic E-state index is 12.9. The van der Waals surface area contributed by atoms with Gasteiger partial charge in [-0.1, -0.05) is 6.42 Å². The number of imidazole rings is 1. The molecule has 0 bridgehead atoms. The lowest BCUT2D eigenvalue weighted by molar-refractivity contribution is -0.135. The number of anilines is 1. The highest BCUT2D eigenvalue weighted by molar-refractivity contribution is 5.84. The Balaban J connectivity index is 1.30. The van der Waals surface area contributed by atoms with Crippen molar-refractivity contribution in [3.8, 4) is 0 Å². The lowest BCUT2D eigenvalue weighted by Crippen LogP contribution is -2.38. The number of aliphatic hydroxyl groups excluding tert-OH is 2. The van der Waals surface area contributed by atoms with Crippen LogP contribution in [0.1, 0.15) is 38.3 Å². The van der Waals surface area contributed by atoms with Crippen LogP contribution in [0.25, 0.3) is 11.2 Å². The average Bonchev–Trinajstić information content (AvgIpc) is 3.37. The number of nitrogens with one attached hydrogen (secondary N) is 2. The summed E-state index contributed by atoms with van der Waals surface area (Å²) in [5, 5.41) is 28.0. The van der Waals surface area contributed by atoms with Crippen molar-refractivity contribution in [3.05, 3.63) is 12.7 Å². The van der Waals surface area contributed by atoms with E-state index in [9.17, 15) is 15.0 Å². The van der Waals surface area contributed by atoms with Crippen LogP contribution in [0.4, 0.5) is 5.82 Å². The van der Waals surface area contributed by atoms with Crippen molar-refractivity contribution >= 4 is 22.8 Å². The molecule has 2 aromatic rings. The van der Waals surface area contributed by atoms with E-state index in [1.165, 1.54) is 30.1 Å². The fraction of sp³-hybridized carbons (Fsp3) is 0.727. The van der Waals surface area contributed by atoms with Gasteiger partial charge in [0.1, 0.15) is 30.2 Å². The molecule has 12 nitrogen and oxygen atoms in total. The summed E-state index contributed by atoms with van der Waals surface area (Å²) in [6.07, 6.45) is 2.46. The third kappa shape index (κ3) is 5.88. The number of aromatic nitrogens is 4. The molecule has 4 atom stereocenters. The SMILES string of the molecule is Nc1ncnc2c1ncn2[C@@H]1O[C@H](C(=O)CCCN2CCCCCNCCNCC2)[C@@H](O)[C@H]1O. The fourth-order valence-electron chi connectivity index (χ4n) is 4.59. The van der Waals surface area contributed by atoms with Crippen LogP contribution in [0, 0.1) is 0 Å². The van der Waals surface area contributed by atoms with E-state index in [0.29, 0.717) is 17.6 Å². The molecule has 0 unspecified atom stereocenters. The zero-order valence-electron chi connectivity index (χ0n) is 19.5. The summed E-state index contributed by atoms with van der Waals surface area (Å²) < 4.78 is 7.30. The number of carbonyl (C=O) groups excluding carboxylic acids is 1. The maximum atomic E-state index is 12.9. The molecule has 0 aliphatic carbocycles. The van der Waals surface area contributed by atoms with Crippen molar-refractivity contribution in [1.82, 2.24) is 35.1 Å². The molecule has 4 rings (SSSR count). The van der Waals surface area contributed by atoms with Gasteiger partial charge in [0.15, 0.2) is 23.5 Å². The van der Waals surface area contributed by atoms with Gasteiger partial charge in [0, 0.05) is 32.6 Å². The van der Waals surface area contributed by atoms with Crippen LogP contribution in [0.5, 0.6) is 0 Å². The predicted molar refractivity (Wildman–Crippen MR) is 126 cm³/mol. The predicted octanol–water partition coefficient (Wildman–Crippen LogP) is -0.958. The Morgan fingerprint density at radius 1 is 1.06 bits per heavy atom. The van der Waals surface area contributed by atoms with Gasteiger partial charge in [0.05, 0.1) is 6.33 Å². The largest absolute Gasteiger partial charge is 0.387 e. The van der Waals surface area contributed by atoms with Crippen LogP contribution in [-0.2, 0) is 9.53 Å². The molecule has 2 aromatic heterocycles. The van der Waals surface area contributed by atoms with E-state index >= 15 is 0 Å². The number of nitrogens with zero attached hydrogens (tertiary/aromatic N) is 5. The molecule has 2 aliphatic rings. The van der Waals surface area contributed by atoms with Gasteiger partial charge in [0.2, 0.25) is 0 Å². The van der Waals surface area contributed by atoms with Crippen LogP contribution in [-0.4, -0.2) is 105 Å². The van der Waals surface area contributed by atoms with Crippen molar-refractivity contribution in [3.63, 3.8) is 0 Å². The zero-order valence-corrected chi connectivity index (χ0v) is 19.5. The second-order valence-electron chi connectivity index (χ2n) is 8.98. The van der Waals surface area contributed by atoms with E-state index in [0.717, 1.165) is 52.2 Å². The minimum Gasteiger partial charge on any atom is -0.387 e. The van der Waals surface area contributed by atoms with E-state index in [4.69, 9.17) is 10.5 Å². The lowest BCUT2D eigenvalue weighted by Gasteiger charge is -2.23. The molecule has 4 heterocycles. The first-order valence-corrected chi connectivity index (χ1v) is 12.2. The molecule has 2 saturated heterocycles. The van der Waals surface area contributed by atoms with Crippen LogP contribution < -0.4 is 16.4 Å². The first kappa shape index (κ1) is 24.9. The number of ketones is 1. The Morgan fingerprint density at radius 2 is 1.88 bits per heavy atom. The smallest absolute Gasteiger partial charge is 0.167 e. The molecule has 0 spiro atoms. The second-order valence-corrected chi connectivity index (χ2v) is 8.98. The highest BCUT2D eigenvalue weighted by atomic mass is 16.6. The van der Waals surface area contributed by atoms with Crippen LogP contribution in [0.2, 0.25) is 0 Å². The molecule has 2 fully saturated rings. The third-order valence-corrected chi connectivity index (χ3v) is 6.53. The van der Waals surface area contributed by atoms with Crippen molar-refractivity contribution in [2.24, 2.45) is 0 Å². The molecule has 0 radical (unpaired) electrons. The summed E-state index contributed by atoms with van der Waals surface area (Å²) in [4.78, 5) is 27.5. The molecular weight excluding hydrogens is 440 g/mol. The van der Waals surface area contributed by atoms with Crippen LogP contribution in [0.15, 0.2) is 12.7 Å². The van der Waals surface area contributed by atoms with Gasteiger partial charge in [-0.3, -0.25) is 9.36 Å². The normalized spacial score (nSPS) is 27.9. The summed E-state index contributed by atoms with van der Waals surface area (Å²) >= 11 is 0. The lowest BCUT2D eigenvalue weighted by atomic mass is 10.0. The monoisotopic (exact) mass is 476 g/mol. The van der Waals surface area contributed by atoms with E-state index in [1.54, 1.807) is 0 Å². The van der Waals surface area contributed by atoms with Crippen molar-refractivity contribution < 1.29 is 19.7 Å². The van der Waals surface area contributed by atoms with E-state index in [-0.39, 0.29) is 18.0 Å². The maximum Gasteiger partial charge on any atom is 0.167 e. The number of nitrogen functional groups attached to an aromatic ring is 1. The Labute approximate surface area is 198 Å². The first-order chi connectivity index (χ1) is 16.6. The Hall–Kier alpha value is -2.22. The van der Waals surface area contributed by atoms with E-state index in [1.807, 2.05) is 0 Å². The van der Waals surface area contributed by atoms with E-state index in [2.05, 4.69) is 30.5 Å². The van der Waals surface area contributed by atoms with Crippen molar-refractivity contribution in [2.45, 2.75) is 56.6 Å². The molecule has 0 aromatic carbocycles. The summed E-state index contributed by atoms with van der Waals surface area (Å²) in [5.74, 6) is -0.0100. The number of carbonyl (C=O) groups is 1. The molecule has 188 valence electrons. The number of ether oxygens (including phenoxy) is 1. The molecule has 6 N–H and O–H groups in total. The molecule has 12 heteroatoms.